The molecule has 0 radical (unpaired) electrons. The smallest absolute Gasteiger partial charge is 0.303 e. The van der Waals surface area contributed by atoms with E-state index in [0.29, 0.717) is 12.8 Å². The Morgan fingerprint density at radius 3 is 2.39 bits per heavy atom. The molecule has 0 aliphatic rings. The van der Waals surface area contributed by atoms with Crippen molar-refractivity contribution in [3.8, 4) is 0 Å². The van der Waals surface area contributed by atoms with Gasteiger partial charge in [-0.3, -0.25) is 4.79 Å². The fraction of sp³-hybridized carbons (Fsp3) is 0.450. The third kappa shape index (κ3) is 18.1. The van der Waals surface area contributed by atoms with Crippen molar-refractivity contribution in [1.29, 1.82) is 0 Å². The molecule has 23 heavy (non-hydrogen) atoms. The third-order valence-corrected chi connectivity index (χ3v) is 3.00. The van der Waals surface area contributed by atoms with E-state index in [9.17, 15) is 9.90 Å². The molecule has 0 bridgehead atoms. The lowest BCUT2D eigenvalue weighted by molar-refractivity contribution is -0.137. The van der Waals surface area contributed by atoms with Crippen molar-refractivity contribution in [3.63, 3.8) is 0 Å². The molecule has 0 aromatic rings. The minimum absolute atomic E-state index is 0.226. The molecule has 2 N–H and O–H groups in total. The van der Waals surface area contributed by atoms with Crippen LogP contribution < -0.4 is 0 Å². The molecule has 3 nitrogen and oxygen atoms in total. The normalized spacial score (nSPS) is 14.2. The Balaban J connectivity index is 3.68. The maximum Gasteiger partial charge on any atom is 0.303 e. The Bertz CT molecular complexity index is 428. The number of aliphatic carboxylic acids is 1. The van der Waals surface area contributed by atoms with Gasteiger partial charge < -0.3 is 10.2 Å². The molecule has 3 heteroatoms. The summed E-state index contributed by atoms with van der Waals surface area (Å²) in [5.41, 5.74) is 0. The van der Waals surface area contributed by atoms with Crippen LogP contribution in [0.1, 0.15) is 51.9 Å². The highest BCUT2D eigenvalue weighted by molar-refractivity contribution is 5.66. The number of hydrogen-bond donors (Lipinski definition) is 2. The zero-order chi connectivity index (χ0) is 17.2. The van der Waals surface area contributed by atoms with Crippen molar-refractivity contribution in [2.75, 3.05) is 0 Å². The van der Waals surface area contributed by atoms with E-state index in [1.54, 1.807) is 6.08 Å². The van der Waals surface area contributed by atoms with Gasteiger partial charge in [-0.05, 0) is 38.5 Å². The number of unbranched alkanes of at least 4 members (excludes halogenated alkanes) is 1. The van der Waals surface area contributed by atoms with Gasteiger partial charge in [-0.25, -0.2) is 0 Å². The summed E-state index contributed by atoms with van der Waals surface area (Å²) in [6.07, 6.45) is 24.6. The minimum Gasteiger partial charge on any atom is -0.481 e. The van der Waals surface area contributed by atoms with Crippen molar-refractivity contribution in [1.82, 2.24) is 0 Å². The summed E-state index contributed by atoms with van der Waals surface area (Å²) in [6.45, 7) is 2.11. The molecule has 0 rings (SSSR count). The van der Waals surface area contributed by atoms with E-state index in [-0.39, 0.29) is 6.42 Å². The summed E-state index contributed by atoms with van der Waals surface area (Å²) in [5, 5.41) is 18.2. The lowest BCUT2D eigenvalue weighted by Gasteiger charge is -1.98. The second-order valence-corrected chi connectivity index (χ2v) is 5.20. The molecule has 0 fully saturated rings. The number of aliphatic hydroxyl groups is 1. The molecule has 0 heterocycles. The van der Waals surface area contributed by atoms with Crippen LogP contribution in [0.2, 0.25) is 0 Å². The Morgan fingerprint density at radius 2 is 1.65 bits per heavy atom. The van der Waals surface area contributed by atoms with Crippen molar-refractivity contribution < 1.29 is 15.0 Å². The van der Waals surface area contributed by atoms with Gasteiger partial charge in [0.05, 0.1) is 6.10 Å². The predicted molar refractivity (Wildman–Crippen MR) is 97.3 cm³/mol. The average Bonchev–Trinajstić information content (AvgIpc) is 2.52. The van der Waals surface area contributed by atoms with Gasteiger partial charge in [0.2, 0.25) is 0 Å². The molecule has 0 aliphatic carbocycles. The minimum atomic E-state index is -0.741. The van der Waals surface area contributed by atoms with Crippen LogP contribution in [-0.2, 0) is 4.79 Å². The van der Waals surface area contributed by atoms with Gasteiger partial charge >= 0.3 is 5.97 Å². The van der Waals surface area contributed by atoms with Gasteiger partial charge in [-0.15, -0.1) is 0 Å². The van der Waals surface area contributed by atoms with E-state index >= 15 is 0 Å². The van der Waals surface area contributed by atoms with Crippen molar-refractivity contribution in [2.24, 2.45) is 0 Å². The number of carbonyl (C=O) groups is 1. The first-order valence-electron chi connectivity index (χ1n) is 8.35. The summed E-state index contributed by atoms with van der Waals surface area (Å²) < 4.78 is 0. The first-order valence-corrected chi connectivity index (χ1v) is 8.35. The van der Waals surface area contributed by atoms with Gasteiger partial charge in [0.25, 0.3) is 0 Å². The lowest BCUT2D eigenvalue weighted by Crippen LogP contribution is -1.98. The van der Waals surface area contributed by atoms with Crippen LogP contribution in [0.3, 0.4) is 0 Å². The highest BCUT2D eigenvalue weighted by atomic mass is 16.4. The van der Waals surface area contributed by atoms with Gasteiger partial charge in [-0.2, -0.15) is 0 Å². The summed E-state index contributed by atoms with van der Waals surface area (Å²) in [4.78, 5) is 10.3. The van der Waals surface area contributed by atoms with Crippen molar-refractivity contribution in [2.45, 2.75) is 58.0 Å². The average molecular weight is 318 g/mol. The number of aliphatic hydroxyl groups excluding tert-OH is 1. The molecule has 0 saturated heterocycles. The first kappa shape index (κ1) is 21.1. The summed E-state index contributed by atoms with van der Waals surface area (Å²) in [7, 11) is 0. The van der Waals surface area contributed by atoms with Crippen LogP contribution in [0.5, 0.6) is 0 Å². The standard InChI is InChI=1S/C20H30O3/c1-2-3-4-5-10-13-16-19(21)17-14-11-8-6-7-9-12-15-18-20(22)23/h3-4,7-11,13-14,17,19,21H,2,5-6,12,15-16,18H2,1H3,(H,22,23)/b4-3-,9-7-,11-8-,13-10-,17-14-. The second kappa shape index (κ2) is 16.5. The molecule has 1 atom stereocenters. The van der Waals surface area contributed by atoms with Crippen LogP contribution in [0.4, 0.5) is 0 Å². The molecule has 0 saturated carbocycles. The number of carboxylic acids is 1. The summed E-state index contributed by atoms with van der Waals surface area (Å²) in [6, 6.07) is 0. The van der Waals surface area contributed by atoms with Gasteiger partial charge in [0.15, 0.2) is 0 Å². The van der Waals surface area contributed by atoms with E-state index in [1.807, 2.05) is 36.5 Å². The van der Waals surface area contributed by atoms with Gasteiger partial charge in [0.1, 0.15) is 0 Å². The Morgan fingerprint density at radius 1 is 0.957 bits per heavy atom. The van der Waals surface area contributed by atoms with E-state index in [2.05, 4.69) is 25.2 Å². The molecule has 128 valence electrons. The van der Waals surface area contributed by atoms with E-state index < -0.39 is 12.1 Å². The van der Waals surface area contributed by atoms with Crippen molar-refractivity contribution in [3.05, 3.63) is 60.8 Å². The fourth-order valence-corrected chi connectivity index (χ4v) is 1.77. The maximum absolute atomic E-state index is 10.3. The number of carboxylic acid groups (broad SMARTS) is 1. The number of allylic oxidation sites excluding steroid dienone is 8. The van der Waals surface area contributed by atoms with E-state index in [4.69, 9.17) is 5.11 Å². The van der Waals surface area contributed by atoms with E-state index in [1.165, 1.54) is 0 Å². The van der Waals surface area contributed by atoms with E-state index in [0.717, 1.165) is 25.7 Å². The highest BCUT2D eigenvalue weighted by Crippen LogP contribution is 2.00. The quantitative estimate of drug-likeness (QED) is 0.286. The molecule has 0 spiro atoms. The monoisotopic (exact) mass is 318 g/mol. The topological polar surface area (TPSA) is 57.5 Å². The molecule has 1 unspecified atom stereocenters. The van der Waals surface area contributed by atoms with Crippen LogP contribution in [0.25, 0.3) is 0 Å². The third-order valence-electron chi connectivity index (χ3n) is 3.00. The lowest BCUT2D eigenvalue weighted by atomic mass is 10.2. The molecule has 0 amide bonds. The summed E-state index contributed by atoms with van der Waals surface area (Å²) in [5.74, 6) is -0.741. The molecule has 0 aromatic carbocycles. The number of rotatable bonds is 13. The van der Waals surface area contributed by atoms with Gasteiger partial charge in [-0.1, -0.05) is 67.7 Å². The van der Waals surface area contributed by atoms with Crippen LogP contribution in [0, 0.1) is 0 Å². The Hall–Kier alpha value is -1.87. The van der Waals surface area contributed by atoms with Gasteiger partial charge in [0, 0.05) is 6.42 Å². The zero-order valence-electron chi connectivity index (χ0n) is 14.1. The first-order chi connectivity index (χ1) is 11.2. The number of hydrogen-bond acceptors (Lipinski definition) is 2. The molecule has 0 aromatic heterocycles. The molecular weight excluding hydrogens is 288 g/mol. The summed E-state index contributed by atoms with van der Waals surface area (Å²) >= 11 is 0. The molecular formula is C20H30O3. The molecule has 0 aliphatic heterocycles. The van der Waals surface area contributed by atoms with Crippen LogP contribution in [-0.4, -0.2) is 22.3 Å². The fourth-order valence-electron chi connectivity index (χ4n) is 1.77. The largest absolute Gasteiger partial charge is 0.481 e. The Labute approximate surface area is 140 Å². The zero-order valence-corrected chi connectivity index (χ0v) is 14.1. The highest BCUT2D eigenvalue weighted by Gasteiger charge is 1.93. The Kier molecular flexibility index (Phi) is 15.2. The van der Waals surface area contributed by atoms with Crippen molar-refractivity contribution >= 4 is 5.97 Å². The predicted octanol–water partition coefficient (Wildman–Crippen LogP) is 4.96. The van der Waals surface area contributed by atoms with Crippen LogP contribution >= 0.6 is 0 Å². The maximum atomic E-state index is 10.3. The SMILES string of the molecule is CC/C=C\C/C=C\CC(O)/C=C\C=C/C/C=C\CCCC(=O)O. The van der Waals surface area contributed by atoms with Crippen LogP contribution in [0.15, 0.2) is 60.8 Å². The second-order valence-electron chi connectivity index (χ2n) is 5.20.